The zero-order valence-corrected chi connectivity index (χ0v) is 21.8. The van der Waals surface area contributed by atoms with E-state index in [2.05, 4.69) is 168 Å². The molecule has 182 valence electrons. The van der Waals surface area contributed by atoms with Gasteiger partial charge in [-0.1, -0.05) is 115 Å². The number of fused-ring (bicyclic) bond motifs is 1. The van der Waals surface area contributed by atoms with E-state index in [1.807, 2.05) is 0 Å². The molecule has 6 rings (SSSR count). The summed E-state index contributed by atoms with van der Waals surface area (Å²) in [5.41, 5.74) is 7.00. The molecule has 2 heteroatoms. The van der Waals surface area contributed by atoms with E-state index in [9.17, 15) is 0 Å². The first-order chi connectivity index (χ1) is 18.8. The van der Waals surface area contributed by atoms with Crippen LogP contribution in [0.2, 0.25) is 0 Å². The molecule has 0 atom stereocenters. The number of nitrogens with zero attached hydrogens (tertiary/aromatic N) is 1. The minimum atomic E-state index is 1.13. The predicted molar refractivity (Wildman–Crippen MR) is 167 cm³/mol. The van der Waals surface area contributed by atoms with Crippen molar-refractivity contribution in [2.24, 2.45) is 0 Å². The van der Waals surface area contributed by atoms with Crippen LogP contribution in [0.4, 0.5) is 17.1 Å². The Morgan fingerprint density at radius 2 is 1.03 bits per heavy atom. The Bertz CT molecular complexity index is 1670. The first-order valence-corrected chi connectivity index (χ1v) is 13.6. The predicted octanol–water partition coefficient (Wildman–Crippen LogP) is 10.7. The van der Waals surface area contributed by atoms with E-state index in [0.29, 0.717) is 0 Å². The summed E-state index contributed by atoms with van der Waals surface area (Å²) in [7, 11) is 0. The van der Waals surface area contributed by atoms with E-state index in [0.717, 1.165) is 11.4 Å². The average molecular weight is 506 g/mol. The molecule has 0 amide bonds. The Morgan fingerprint density at radius 1 is 0.447 bits per heavy atom. The number of rotatable bonds is 7. The van der Waals surface area contributed by atoms with Gasteiger partial charge in [0.2, 0.25) is 0 Å². The van der Waals surface area contributed by atoms with Crippen molar-refractivity contribution in [3.05, 3.63) is 160 Å². The lowest BCUT2D eigenvalue weighted by Gasteiger charge is -2.27. The molecule has 1 aromatic heterocycles. The molecule has 0 N–H and O–H groups in total. The van der Waals surface area contributed by atoms with Gasteiger partial charge in [0, 0.05) is 21.6 Å². The number of thiophene rings is 1. The minimum Gasteiger partial charge on any atom is -0.310 e. The van der Waals surface area contributed by atoms with Crippen molar-refractivity contribution in [1.82, 2.24) is 0 Å². The van der Waals surface area contributed by atoms with Crippen LogP contribution in [0.1, 0.15) is 21.6 Å². The molecule has 0 aliphatic heterocycles. The zero-order valence-electron chi connectivity index (χ0n) is 20.9. The monoisotopic (exact) mass is 505 g/mol. The lowest BCUT2D eigenvalue weighted by Crippen LogP contribution is -2.10. The van der Waals surface area contributed by atoms with Gasteiger partial charge in [-0.2, -0.15) is 0 Å². The second kappa shape index (κ2) is 11.2. The lowest BCUT2D eigenvalue weighted by molar-refractivity contribution is 1.30. The summed E-state index contributed by atoms with van der Waals surface area (Å²) in [6, 6.07) is 47.3. The van der Waals surface area contributed by atoms with E-state index in [4.69, 9.17) is 0 Å². The van der Waals surface area contributed by atoms with Gasteiger partial charge in [0.1, 0.15) is 0 Å². The van der Waals surface area contributed by atoms with E-state index in [1.165, 1.54) is 38.0 Å². The summed E-state index contributed by atoms with van der Waals surface area (Å²) in [5.74, 6) is 0. The molecule has 38 heavy (non-hydrogen) atoms. The fourth-order valence-electron chi connectivity index (χ4n) is 4.62. The minimum absolute atomic E-state index is 1.13. The summed E-state index contributed by atoms with van der Waals surface area (Å²) in [6.07, 6.45) is 8.66. The van der Waals surface area contributed by atoms with Gasteiger partial charge >= 0.3 is 0 Å². The molecule has 6 aromatic rings. The van der Waals surface area contributed by atoms with Crippen LogP contribution in [-0.4, -0.2) is 0 Å². The SMILES string of the molecule is C(=C\c1ccc(N(c2ccccc2)c2cccc3ccccc23)cc1)/c1ccc(/C=C/c2cccs2)cc1. The maximum Gasteiger partial charge on any atom is 0.0540 e. The normalized spacial score (nSPS) is 11.5. The Morgan fingerprint density at radius 3 is 1.71 bits per heavy atom. The second-order valence-electron chi connectivity index (χ2n) is 9.11. The number of anilines is 3. The molecule has 0 spiro atoms. The van der Waals surface area contributed by atoms with Crippen LogP contribution >= 0.6 is 11.3 Å². The highest BCUT2D eigenvalue weighted by atomic mass is 32.1. The second-order valence-corrected chi connectivity index (χ2v) is 10.1. The Labute approximate surface area is 228 Å². The van der Waals surface area contributed by atoms with Crippen molar-refractivity contribution in [3.8, 4) is 0 Å². The van der Waals surface area contributed by atoms with Crippen molar-refractivity contribution >= 4 is 63.5 Å². The Balaban J connectivity index is 1.25. The molecular weight excluding hydrogens is 478 g/mol. The maximum absolute atomic E-state index is 2.33. The lowest BCUT2D eigenvalue weighted by atomic mass is 10.1. The summed E-state index contributed by atoms with van der Waals surface area (Å²) >= 11 is 1.75. The molecule has 0 aliphatic carbocycles. The molecule has 0 unspecified atom stereocenters. The van der Waals surface area contributed by atoms with E-state index >= 15 is 0 Å². The van der Waals surface area contributed by atoms with Crippen molar-refractivity contribution in [2.75, 3.05) is 4.90 Å². The van der Waals surface area contributed by atoms with Crippen molar-refractivity contribution < 1.29 is 0 Å². The first-order valence-electron chi connectivity index (χ1n) is 12.8. The third-order valence-corrected chi connectivity index (χ3v) is 7.40. The fraction of sp³-hybridized carbons (Fsp3) is 0. The number of hydrogen-bond acceptors (Lipinski definition) is 2. The van der Waals surface area contributed by atoms with Gasteiger partial charge in [-0.15, -0.1) is 11.3 Å². The van der Waals surface area contributed by atoms with Crippen molar-refractivity contribution in [1.29, 1.82) is 0 Å². The van der Waals surface area contributed by atoms with E-state index < -0.39 is 0 Å². The molecule has 5 aromatic carbocycles. The number of benzene rings is 5. The molecule has 0 saturated heterocycles. The third-order valence-electron chi connectivity index (χ3n) is 6.56. The third kappa shape index (κ3) is 5.36. The van der Waals surface area contributed by atoms with Crippen LogP contribution in [0.5, 0.6) is 0 Å². The maximum atomic E-state index is 2.33. The molecular formula is C36H27NS. The van der Waals surface area contributed by atoms with E-state index in [1.54, 1.807) is 11.3 Å². The van der Waals surface area contributed by atoms with Crippen LogP contribution in [0.15, 0.2) is 139 Å². The van der Waals surface area contributed by atoms with Crippen LogP contribution in [0.25, 0.3) is 35.1 Å². The van der Waals surface area contributed by atoms with Crippen LogP contribution in [0.3, 0.4) is 0 Å². The summed E-state index contributed by atoms with van der Waals surface area (Å²) in [5, 5.41) is 4.57. The summed E-state index contributed by atoms with van der Waals surface area (Å²) in [4.78, 5) is 3.60. The smallest absolute Gasteiger partial charge is 0.0540 e. The van der Waals surface area contributed by atoms with Gasteiger partial charge in [-0.3, -0.25) is 0 Å². The van der Waals surface area contributed by atoms with Gasteiger partial charge in [0.05, 0.1) is 5.69 Å². The Kier molecular flexibility index (Phi) is 6.97. The fourth-order valence-corrected chi connectivity index (χ4v) is 5.24. The number of para-hydroxylation sites is 1. The topological polar surface area (TPSA) is 3.24 Å². The summed E-state index contributed by atoms with van der Waals surface area (Å²) in [6.45, 7) is 0. The van der Waals surface area contributed by atoms with Gasteiger partial charge < -0.3 is 4.90 Å². The van der Waals surface area contributed by atoms with Gasteiger partial charge in [-0.05, 0) is 69.9 Å². The van der Waals surface area contributed by atoms with Crippen molar-refractivity contribution in [3.63, 3.8) is 0 Å². The highest BCUT2D eigenvalue weighted by molar-refractivity contribution is 7.10. The molecule has 0 bridgehead atoms. The zero-order chi connectivity index (χ0) is 25.6. The van der Waals surface area contributed by atoms with Crippen LogP contribution < -0.4 is 4.90 Å². The Hall–Kier alpha value is -4.66. The molecule has 0 radical (unpaired) electrons. The molecule has 0 saturated carbocycles. The van der Waals surface area contributed by atoms with Gasteiger partial charge in [0.25, 0.3) is 0 Å². The van der Waals surface area contributed by atoms with E-state index in [-0.39, 0.29) is 0 Å². The van der Waals surface area contributed by atoms with Crippen molar-refractivity contribution in [2.45, 2.75) is 0 Å². The highest BCUT2D eigenvalue weighted by Gasteiger charge is 2.14. The largest absolute Gasteiger partial charge is 0.310 e. The van der Waals surface area contributed by atoms with Gasteiger partial charge in [0.15, 0.2) is 0 Å². The quantitative estimate of drug-likeness (QED) is 0.195. The van der Waals surface area contributed by atoms with Crippen LogP contribution in [0, 0.1) is 0 Å². The average Bonchev–Trinajstić information content (AvgIpc) is 3.51. The highest BCUT2D eigenvalue weighted by Crippen LogP contribution is 2.38. The molecule has 1 heterocycles. The molecule has 0 fully saturated rings. The first kappa shape index (κ1) is 23.7. The van der Waals surface area contributed by atoms with Crippen LogP contribution in [-0.2, 0) is 0 Å². The molecule has 1 nitrogen and oxygen atoms in total. The standard InChI is InChI=1S/C36H27NS/c1-2-10-32(11-3-1)37(36-14-6-9-31-8-4-5-13-35(31)36)33-24-21-30(22-25-33)20-17-28-15-18-29(19-16-28)23-26-34-12-7-27-38-34/h1-27H/b20-17+,26-23+. The van der Waals surface area contributed by atoms with Gasteiger partial charge in [-0.25, -0.2) is 0 Å². The summed E-state index contributed by atoms with van der Waals surface area (Å²) < 4.78 is 0. The molecule has 0 aliphatic rings. The number of hydrogen-bond donors (Lipinski definition) is 0.